The molecule has 0 heterocycles. The maximum atomic E-state index is 11.7. The molecule has 2 nitrogen and oxygen atoms in total. The van der Waals surface area contributed by atoms with Crippen molar-refractivity contribution in [3.05, 3.63) is 12.2 Å². The minimum Gasteiger partial charge on any atom is -0.455 e. The van der Waals surface area contributed by atoms with Crippen LogP contribution in [0.2, 0.25) is 0 Å². The summed E-state index contributed by atoms with van der Waals surface area (Å²) >= 11 is 0. The summed E-state index contributed by atoms with van der Waals surface area (Å²) in [5.74, 6) is 0.183. The fraction of sp³-hybridized carbons (Fsp3) is 0.786. The highest BCUT2D eigenvalue weighted by atomic mass is 16.6. The van der Waals surface area contributed by atoms with Gasteiger partial charge in [0.25, 0.3) is 0 Å². The lowest BCUT2D eigenvalue weighted by atomic mass is 9.87. The number of carbonyl (C=O) groups is 1. The van der Waals surface area contributed by atoms with Crippen LogP contribution < -0.4 is 0 Å². The Hall–Kier alpha value is -0.790. The molecule has 0 bridgehead atoms. The van der Waals surface area contributed by atoms with Crippen LogP contribution in [0.15, 0.2) is 12.2 Å². The van der Waals surface area contributed by atoms with Crippen molar-refractivity contribution >= 4 is 5.97 Å². The maximum absolute atomic E-state index is 11.7. The summed E-state index contributed by atoms with van der Waals surface area (Å²) in [5, 5.41) is 0. The van der Waals surface area contributed by atoms with E-state index in [0.717, 1.165) is 19.3 Å². The Bertz CT molecular complexity index is 304. The molecule has 1 fully saturated rings. The molecule has 0 spiro atoms. The van der Waals surface area contributed by atoms with E-state index in [-0.39, 0.29) is 17.0 Å². The summed E-state index contributed by atoms with van der Waals surface area (Å²) in [6, 6.07) is 0. The van der Waals surface area contributed by atoms with Crippen molar-refractivity contribution in [2.24, 2.45) is 11.3 Å². The first-order chi connectivity index (χ1) is 7.22. The molecule has 0 aromatic heterocycles. The molecule has 0 N–H and O–H groups in total. The summed E-state index contributed by atoms with van der Waals surface area (Å²) in [4.78, 5) is 11.7. The number of ether oxygens (including phenoxy) is 1. The highest BCUT2D eigenvalue weighted by Gasteiger charge is 2.50. The van der Waals surface area contributed by atoms with E-state index in [4.69, 9.17) is 4.74 Å². The Kier molecular flexibility index (Phi) is 3.51. The van der Waals surface area contributed by atoms with E-state index in [1.54, 1.807) is 6.92 Å². The monoisotopic (exact) mass is 224 g/mol. The van der Waals surface area contributed by atoms with Gasteiger partial charge in [0.05, 0.1) is 0 Å². The molecule has 0 amide bonds. The average Bonchev–Trinajstić information content (AvgIpc) is 2.36. The predicted molar refractivity (Wildman–Crippen MR) is 66.1 cm³/mol. The van der Waals surface area contributed by atoms with Gasteiger partial charge in [0.15, 0.2) is 0 Å². The third kappa shape index (κ3) is 2.47. The van der Waals surface area contributed by atoms with Crippen LogP contribution in [0.5, 0.6) is 0 Å². The highest BCUT2D eigenvalue weighted by molar-refractivity contribution is 5.87. The lowest BCUT2D eigenvalue weighted by molar-refractivity contribution is -0.159. The van der Waals surface area contributed by atoms with E-state index in [1.165, 1.54) is 0 Å². The first kappa shape index (κ1) is 13.3. The normalized spacial score (nSPS) is 32.4. The maximum Gasteiger partial charge on any atom is 0.333 e. The number of hydrogen-bond acceptors (Lipinski definition) is 2. The molecular formula is C14H24O2. The fourth-order valence-corrected chi connectivity index (χ4v) is 3.03. The van der Waals surface area contributed by atoms with Gasteiger partial charge in [-0.1, -0.05) is 34.3 Å². The minimum absolute atomic E-state index is 0.244. The first-order valence-corrected chi connectivity index (χ1v) is 6.11. The van der Waals surface area contributed by atoms with E-state index in [2.05, 4.69) is 34.3 Å². The Balaban J connectivity index is 2.87. The van der Waals surface area contributed by atoms with Gasteiger partial charge in [-0.3, -0.25) is 0 Å². The quantitative estimate of drug-likeness (QED) is 0.539. The molecule has 2 heteroatoms. The zero-order valence-corrected chi connectivity index (χ0v) is 11.2. The molecule has 1 aliphatic rings. The third-order valence-corrected chi connectivity index (χ3v) is 3.78. The van der Waals surface area contributed by atoms with Gasteiger partial charge < -0.3 is 4.74 Å². The van der Waals surface area contributed by atoms with E-state index >= 15 is 0 Å². The summed E-state index contributed by atoms with van der Waals surface area (Å²) in [6.07, 6.45) is 2.96. The van der Waals surface area contributed by atoms with E-state index in [1.807, 2.05) is 0 Å². The van der Waals surface area contributed by atoms with Crippen LogP contribution in [0.1, 0.15) is 53.9 Å². The molecule has 0 aromatic carbocycles. The van der Waals surface area contributed by atoms with Gasteiger partial charge in [-0.25, -0.2) is 4.79 Å². The van der Waals surface area contributed by atoms with Crippen LogP contribution in [-0.2, 0) is 9.53 Å². The van der Waals surface area contributed by atoms with Crippen LogP contribution in [0.4, 0.5) is 0 Å². The van der Waals surface area contributed by atoms with Crippen LogP contribution in [0.25, 0.3) is 0 Å². The fourth-order valence-electron chi connectivity index (χ4n) is 3.03. The SMILES string of the molecule is C=C(C)C(=O)OC1(CC)CC(C)(C)CC1C. The van der Waals surface area contributed by atoms with Crippen molar-refractivity contribution in [2.75, 3.05) is 0 Å². The molecule has 1 rings (SSSR count). The lowest BCUT2D eigenvalue weighted by Gasteiger charge is -2.33. The number of carbonyl (C=O) groups excluding carboxylic acids is 1. The van der Waals surface area contributed by atoms with Crippen molar-refractivity contribution in [1.82, 2.24) is 0 Å². The van der Waals surface area contributed by atoms with E-state index < -0.39 is 0 Å². The molecule has 0 aliphatic heterocycles. The molecule has 0 radical (unpaired) electrons. The Labute approximate surface area is 99.1 Å². The van der Waals surface area contributed by atoms with Crippen molar-refractivity contribution in [1.29, 1.82) is 0 Å². The predicted octanol–water partition coefficient (Wildman–Crippen LogP) is 3.71. The standard InChI is InChI=1S/C14H24O2/c1-7-14(16-12(15)10(2)3)9-13(5,6)8-11(14)4/h11H,2,7-9H2,1,3-6H3. The Morgan fingerprint density at radius 3 is 2.38 bits per heavy atom. The molecule has 16 heavy (non-hydrogen) atoms. The summed E-state index contributed by atoms with van der Waals surface area (Å²) < 4.78 is 5.72. The summed E-state index contributed by atoms with van der Waals surface area (Å²) in [6.45, 7) is 14.1. The molecule has 1 saturated carbocycles. The second-order valence-corrected chi connectivity index (χ2v) is 6.03. The van der Waals surface area contributed by atoms with Gasteiger partial charge in [0, 0.05) is 5.57 Å². The summed E-state index contributed by atoms with van der Waals surface area (Å²) in [5.41, 5.74) is 0.481. The van der Waals surface area contributed by atoms with Crippen LogP contribution in [0, 0.1) is 11.3 Å². The lowest BCUT2D eigenvalue weighted by Crippen LogP contribution is -2.37. The van der Waals surface area contributed by atoms with E-state index in [9.17, 15) is 4.79 Å². The second-order valence-electron chi connectivity index (χ2n) is 6.03. The van der Waals surface area contributed by atoms with Gasteiger partial charge in [-0.2, -0.15) is 0 Å². The third-order valence-electron chi connectivity index (χ3n) is 3.78. The van der Waals surface area contributed by atoms with E-state index in [0.29, 0.717) is 11.5 Å². The molecular weight excluding hydrogens is 200 g/mol. The van der Waals surface area contributed by atoms with Gasteiger partial charge in [-0.05, 0) is 37.5 Å². The van der Waals surface area contributed by atoms with Crippen molar-refractivity contribution in [3.8, 4) is 0 Å². The minimum atomic E-state index is -0.278. The van der Waals surface area contributed by atoms with Crippen molar-refractivity contribution in [2.45, 2.75) is 59.5 Å². The zero-order chi connectivity index (χ0) is 12.6. The molecule has 0 aromatic rings. The second kappa shape index (κ2) is 4.23. The van der Waals surface area contributed by atoms with Crippen LogP contribution in [-0.4, -0.2) is 11.6 Å². The summed E-state index contributed by atoms with van der Waals surface area (Å²) in [7, 11) is 0. The van der Waals surface area contributed by atoms with Crippen LogP contribution in [0.3, 0.4) is 0 Å². The molecule has 1 aliphatic carbocycles. The number of hydrogen-bond donors (Lipinski definition) is 0. The molecule has 2 unspecified atom stereocenters. The Morgan fingerprint density at radius 1 is 1.50 bits per heavy atom. The first-order valence-electron chi connectivity index (χ1n) is 6.11. The van der Waals surface area contributed by atoms with Gasteiger partial charge >= 0.3 is 5.97 Å². The molecule has 0 saturated heterocycles. The van der Waals surface area contributed by atoms with Gasteiger partial charge in [-0.15, -0.1) is 0 Å². The Morgan fingerprint density at radius 2 is 2.06 bits per heavy atom. The smallest absolute Gasteiger partial charge is 0.333 e. The zero-order valence-electron chi connectivity index (χ0n) is 11.2. The van der Waals surface area contributed by atoms with Crippen LogP contribution >= 0.6 is 0 Å². The molecule has 2 atom stereocenters. The number of rotatable bonds is 3. The van der Waals surface area contributed by atoms with Gasteiger partial charge in [0.2, 0.25) is 0 Å². The largest absolute Gasteiger partial charge is 0.455 e. The van der Waals surface area contributed by atoms with Gasteiger partial charge in [0.1, 0.15) is 5.60 Å². The van der Waals surface area contributed by atoms with Crippen molar-refractivity contribution < 1.29 is 9.53 Å². The number of esters is 1. The highest BCUT2D eigenvalue weighted by Crippen LogP contribution is 2.51. The topological polar surface area (TPSA) is 26.3 Å². The van der Waals surface area contributed by atoms with Crippen molar-refractivity contribution in [3.63, 3.8) is 0 Å². The molecule has 92 valence electrons. The average molecular weight is 224 g/mol.